The number of phosphoric ester groups is 2. The van der Waals surface area contributed by atoms with E-state index in [-0.39, 0.29) is 25.7 Å². The molecule has 0 spiro atoms. The Balaban J connectivity index is 5.16. The quantitative estimate of drug-likeness (QED) is 0.0222. The van der Waals surface area contributed by atoms with E-state index in [2.05, 4.69) is 34.6 Å². The van der Waals surface area contributed by atoms with E-state index in [1.54, 1.807) is 0 Å². The number of esters is 4. The molecule has 0 saturated carbocycles. The van der Waals surface area contributed by atoms with Crippen LogP contribution in [0.1, 0.15) is 324 Å². The molecule has 0 aliphatic heterocycles. The van der Waals surface area contributed by atoms with Crippen molar-refractivity contribution in [1.82, 2.24) is 0 Å². The number of carbonyl (C=O) groups excluding carboxylic acids is 4. The standard InChI is InChI=1S/C64H124O17P2/c1-6-9-12-15-18-19-20-21-22-23-24-25-26-29-35-40-45-50-64(69)81-60(54-75-62(67)48-43-38-34-30-27-28-33-36-41-46-57(4)5)56-79-83(72,73)77-52-58(65)51-76-82(70,71)78-55-59(80-63(68)49-44-39-32-17-14-11-8-3)53-74-61(66)47-42-37-31-16-13-10-7-2/h57-60,65H,6-56H2,1-5H3,(H,70,71)(H,72,73)/t58-,59+,60+/m0/s1. The molecule has 83 heavy (non-hydrogen) atoms. The fourth-order valence-corrected chi connectivity index (χ4v) is 11.2. The number of carbonyl (C=O) groups is 4. The molecule has 0 fully saturated rings. The maximum atomic E-state index is 13.0. The van der Waals surface area contributed by atoms with Gasteiger partial charge in [-0.3, -0.25) is 37.3 Å². The van der Waals surface area contributed by atoms with E-state index in [1.807, 2.05) is 0 Å². The third-order valence-corrected chi connectivity index (χ3v) is 16.7. The molecular formula is C64H124O17P2. The lowest BCUT2D eigenvalue weighted by atomic mass is 10.0. The number of hydrogen-bond acceptors (Lipinski definition) is 15. The Morgan fingerprint density at radius 1 is 0.325 bits per heavy atom. The summed E-state index contributed by atoms with van der Waals surface area (Å²) in [6, 6.07) is 0. The highest BCUT2D eigenvalue weighted by Gasteiger charge is 2.30. The number of ether oxygens (including phenoxy) is 4. The highest BCUT2D eigenvalue weighted by molar-refractivity contribution is 7.47. The predicted molar refractivity (Wildman–Crippen MR) is 331 cm³/mol. The second kappa shape index (κ2) is 57.8. The Morgan fingerprint density at radius 3 is 0.819 bits per heavy atom. The first kappa shape index (κ1) is 81.1. The number of aliphatic hydroxyl groups excluding tert-OH is 1. The predicted octanol–water partition coefficient (Wildman–Crippen LogP) is 17.8. The van der Waals surface area contributed by atoms with Crippen LogP contribution in [0.15, 0.2) is 0 Å². The fourth-order valence-electron chi connectivity index (χ4n) is 9.58. The third kappa shape index (κ3) is 58.8. The van der Waals surface area contributed by atoms with Crippen LogP contribution < -0.4 is 0 Å². The van der Waals surface area contributed by atoms with E-state index in [0.29, 0.717) is 25.7 Å². The van der Waals surface area contributed by atoms with Crippen molar-refractivity contribution in [3.05, 3.63) is 0 Å². The van der Waals surface area contributed by atoms with Gasteiger partial charge in [-0.1, -0.05) is 272 Å². The summed E-state index contributed by atoms with van der Waals surface area (Å²) in [5, 5.41) is 10.5. The Kier molecular flexibility index (Phi) is 56.4. The van der Waals surface area contributed by atoms with Crippen LogP contribution >= 0.6 is 15.6 Å². The molecule has 0 radical (unpaired) electrons. The molecule has 0 heterocycles. The first-order valence-electron chi connectivity index (χ1n) is 33.6. The van der Waals surface area contributed by atoms with Crippen LogP contribution in [0.2, 0.25) is 0 Å². The summed E-state index contributed by atoms with van der Waals surface area (Å²) in [6.07, 6.45) is 42.0. The van der Waals surface area contributed by atoms with E-state index in [0.717, 1.165) is 121 Å². The summed E-state index contributed by atoms with van der Waals surface area (Å²) in [5.41, 5.74) is 0. The second-order valence-corrected chi connectivity index (χ2v) is 26.5. The van der Waals surface area contributed by atoms with E-state index in [9.17, 15) is 43.2 Å². The molecule has 0 saturated heterocycles. The molecule has 0 bridgehead atoms. The van der Waals surface area contributed by atoms with Gasteiger partial charge in [-0.2, -0.15) is 0 Å². The van der Waals surface area contributed by atoms with Gasteiger partial charge >= 0.3 is 39.5 Å². The molecule has 0 aromatic rings. The number of hydrogen-bond donors (Lipinski definition) is 3. The molecule has 2 unspecified atom stereocenters. The van der Waals surface area contributed by atoms with E-state index in [1.165, 1.54) is 122 Å². The number of unbranched alkanes of at least 4 members (excludes halogenated alkanes) is 36. The lowest BCUT2D eigenvalue weighted by molar-refractivity contribution is -0.161. The molecule has 19 heteroatoms. The minimum Gasteiger partial charge on any atom is -0.462 e. The fraction of sp³-hybridized carbons (Fsp3) is 0.938. The van der Waals surface area contributed by atoms with Gasteiger partial charge in [0.1, 0.15) is 19.3 Å². The lowest BCUT2D eigenvalue weighted by Gasteiger charge is -2.21. The van der Waals surface area contributed by atoms with E-state index in [4.69, 9.17) is 37.0 Å². The van der Waals surface area contributed by atoms with Crippen molar-refractivity contribution in [3.63, 3.8) is 0 Å². The van der Waals surface area contributed by atoms with Gasteiger partial charge in [0.15, 0.2) is 12.2 Å². The van der Waals surface area contributed by atoms with Gasteiger partial charge < -0.3 is 33.8 Å². The van der Waals surface area contributed by atoms with Gasteiger partial charge in [-0.05, 0) is 31.6 Å². The summed E-state index contributed by atoms with van der Waals surface area (Å²) in [7, 11) is -9.88. The normalized spacial score (nSPS) is 14.2. The van der Waals surface area contributed by atoms with Gasteiger partial charge in [0, 0.05) is 25.7 Å². The van der Waals surface area contributed by atoms with Crippen molar-refractivity contribution in [1.29, 1.82) is 0 Å². The number of phosphoric acid groups is 2. The van der Waals surface area contributed by atoms with Crippen molar-refractivity contribution >= 4 is 39.5 Å². The summed E-state index contributed by atoms with van der Waals surface area (Å²) < 4.78 is 67.8. The van der Waals surface area contributed by atoms with E-state index < -0.39 is 97.5 Å². The highest BCUT2D eigenvalue weighted by atomic mass is 31.2. The highest BCUT2D eigenvalue weighted by Crippen LogP contribution is 2.45. The van der Waals surface area contributed by atoms with E-state index >= 15 is 0 Å². The number of aliphatic hydroxyl groups is 1. The lowest BCUT2D eigenvalue weighted by Crippen LogP contribution is -2.30. The first-order valence-corrected chi connectivity index (χ1v) is 36.6. The van der Waals surface area contributed by atoms with Gasteiger partial charge in [-0.25, -0.2) is 9.13 Å². The topological polar surface area (TPSA) is 237 Å². The maximum Gasteiger partial charge on any atom is 0.472 e. The molecule has 0 aromatic heterocycles. The first-order chi connectivity index (χ1) is 40.0. The van der Waals surface area contributed by atoms with Crippen LogP contribution in [0.4, 0.5) is 0 Å². The Hall–Kier alpha value is -1.94. The third-order valence-electron chi connectivity index (χ3n) is 14.8. The average molecular weight is 1230 g/mol. The maximum absolute atomic E-state index is 13.0. The Bertz CT molecular complexity index is 1620. The second-order valence-electron chi connectivity index (χ2n) is 23.6. The molecular weight excluding hydrogens is 1100 g/mol. The Morgan fingerprint density at radius 2 is 0.554 bits per heavy atom. The summed E-state index contributed by atoms with van der Waals surface area (Å²) in [6.45, 7) is 7.10. The SMILES string of the molecule is CCCCCCCCCCCCCCCCCCCC(=O)O[C@H](COC(=O)CCCCCCCCCCCC(C)C)COP(=O)(O)OC[C@@H](O)COP(=O)(O)OC[C@@H](COC(=O)CCCCCCCCC)OC(=O)CCCCCCCCC. The molecule has 3 N–H and O–H groups in total. The zero-order chi connectivity index (χ0) is 61.3. The summed E-state index contributed by atoms with van der Waals surface area (Å²) >= 11 is 0. The zero-order valence-electron chi connectivity index (χ0n) is 53.3. The van der Waals surface area contributed by atoms with Crippen LogP contribution in [0.3, 0.4) is 0 Å². The van der Waals surface area contributed by atoms with Gasteiger partial charge in [0.2, 0.25) is 0 Å². The van der Waals surface area contributed by atoms with Crippen molar-refractivity contribution < 1.29 is 80.2 Å². The van der Waals surface area contributed by atoms with Crippen LogP contribution in [0.5, 0.6) is 0 Å². The monoisotopic (exact) mass is 1230 g/mol. The van der Waals surface area contributed by atoms with Crippen molar-refractivity contribution in [2.24, 2.45) is 5.92 Å². The molecule has 492 valence electrons. The summed E-state index contributed by atoms with van der Waals surface area (Å²) in [4.78, 5) is 72.0. The van der Waals surface area contributed by atoms with Gasteiger partial charge in [0.25, 0.3) is 0 Å². The van der Waals surface area contributed by atoms with Crippen LogP contribution in [-0.4, -0.2) is 96.7 Å². The van der Waals surface area contributed by atoms with Crippen LogP contribution in [-0.2, 0) is 65.4 Å². The minimum absolute atomic E-state index is 0.103. The zero-order valence-corrected chi connectivity index (χ0v) is 55.1. The molecule has 0 amide bonds. The van der Waals surface area contributed by atoms with Crippen molar-refractivity contribution in [2.75, 3.05) is 39.6 Å². The van der Waals surface area contributed by atoms with Crippen LogP contribution in [0, 0.1) is 5.92 Å². The minimum atomic E-state index is -4.94. The average Bonchev–Trinajstić information content (AvgIpc) is 3.50. The molecule has 5 atom stereocenters. The molecule has 0 aliphatic carbocycles. The smallest absolute Gasteiger partial charge is 0.462 e. The van der Waals surface area contributed by atoms with Crippen molar-refractivity contribution in [2.45, 2.75) is 342 Å². The number of rotatable bonds is 64. The van der Waals surface area contributed by atoms with Gasteiger partial charge in [0.05, 0.1) is 26.4 Å². The van der Waals surface area contributed by atoms with Crippen LogP contribution in [0.25, 0.3) is 0 Å². The molecule has 0 aliphatic rings. The summed E-state index contributed by atoms with van der Waals surface area (Å²) in [5.74, 6) is -1.40. The molecule has 17 nitrogen and oxygen atoms in total. The van der Waals surface area contributed by atoms with Crippen molar-refractivity contribution in [3.8, 4) is 0 Å². The molecule has 0 aromatic carbocycles. The Labute approximate surface area is 505 Å². The van der Waals surface area contributed by atoms with Gasteiger partial charge in [-0.15, -0.1) is 0 Å². The largest absolute Gasteiger partial charge is 0.472 e. The molecule has 0 rings (SSSR count).